The number of nitrogens with one attached hydrogen (secondary N) is 2. The molecule has 8 nitrogen and oxygen atoms in total. The zero-order valence-corrected chi connectivity index (χ0v) is 24.6. The van der Waals surface area contributed by atoms with Gasteiger partial charge in [0, 0.05) is 44.3 Å². The monoisotopic (exact) mass is 596 g/mol. The summed E-state index contributed by atoms with van der Waals surface area (Å²) >= 11 is 0. The summed E-state index contributed by atoms with van der Waals surface area (Å²) in [5, 5.41) is 6.88. The van der Waals surface area contributed by atoms with Gasteiger partial charge in [-0.1, -0.05) is 12.1 Å². The van der Waals surface area contributed by atoms with Gasteiger partial charge >= 0.3 is 6.18 Å². The van der Waals surface area contributed by atoms with Gasteiger partial charge in [0.05, 0.1) is 0 Å². The van der Waals surface area contributed by atoms with Gasteiger partial charge < -0.3 is 10.6 Å². The topological polar surface area (TPSA) is 108 Å². The van der Waals surface area contributed by atoms with Gasteiger partial charge in [-0.15, -0.1) is 0 Å². The van der Waals surface area contributed by atoms with E-state index in [1.54, 1.807) is 6.08 Å². The molecule has 0 bridgehead atoms. The van der Waals surface area contributed by atoms with Gasteiger partial charge in [0.25, 0.3) is 5.91 Å². The highest BCUT2D eigenvalue weighted by Gasteiger charge is 2.48. The van der Waals surface area contributed by atoms with Gasteiger partial charge in [-0.25, -0.2) is 8.42 Å². The van der Waals surface area contributed by atoms with Crippen LogP contribution in [0.1, 0.15) is 80.5 Å². The molecule has 2 aliphatic heterocycles. The normalized spacial score (nSPS) is 23.6. The number of amidine groups is 1. The number of benzene rings is 1. The van der Waals surface area contributed by atoms with E-state index in [4.69, 9.17) is 4.99 Å². The van der Waals surface area contributed by atoms with Crippen molar-refractivity contribution in [1.29, 1.82) is 0 Å². The van der Waals surface area contributed by atoms with Crippen molar-refractivity contribution in [3.05, 3.63) is 39.8 Å². The number of aliphatic imine (C=N–C) groups is 1. The Hall–Kier alpha value is -2.73. The van der Waals surface area contributed by atoms with Gasteiger partial charge in [-0.05, 0) is 93.0 Å². The summed E-state index contributed by atoms with van der Waals surface area (Å²) in [6.07, 6.45) is 0.116. The molecule has 2 heterocycles. The van der Waals surface area contributed by atoms with Crippen LogP contribution >= 0.6 is 0 Å². The maximum Gasteiger partial charge on any atom is 0.389 e. The lowest BCUT2D eigenvalue weighted by atomic mass is 9.79. The zero-order valence-electron chi connectivity index (χ0n) is 23.8. The zero-order chi connectivity index (χ0) is 30.0. The highest BCUT2D eigenvalue weighted by atomic mass is 32.2. The van der Waals surface area contributed by atoms with E-state index in [1.165, 1.54) is 16.6 Å². The first kappa shape index (κ1) is 31.2. The van der Waals surface area contributed by atoms with Crippen molar-refractivity contribution in [2.45, 2.75) is 90.4 Å². The highest BCUT2D eigenvalue weighted by molar-refractivity contribution is 7.92. The quantitative estimate of drug-likeness (QED) is 0.452. The van der Waals surface area contributed by atoms with Crippen molar-refractivity contribution < 1.29 is 31.2 Å². The third-order valence-electron chi connectivity index (χ3n) is 8.58. The van der Waals surface area contributed by atoms with E-state index in [0.29, 0.717) is 38.1 Å². The van der Waals surface area contributed by atoms with E-state index < -0.39 is 28.2 Å². The van der Waals surface area contributed by atoms with Gasteiger partial charge in [0.2, 0.25) is 15.9 Å². The number of amides is 2. The van der Waals surface area contributed by atoms with Gasteiger partial charge in [-0.3, -0.25) is 14.6 Å². The molecule has 0 radical (unpaired) electrons. The molecule has 1 aliphatic carbocycles. The predicted octanol–water partition coefficient (Wildman–Crippen LogP) is 4.75. The van der Waals surface area contributed by atoms with Crippen molar-refractivity contribution in [1.82, 2.24) is 14.9 Å². The Kier molecular flexibility index (Phi) is 9.32. The maximum absolute atomic E-state index is 13.2. The molecule has 0 atom stereocenters. The molecule has 1 aromatic rings. The molecule has 1 aromatic carbocycles. The average Bonchev–Trinajstić information content (AvgIpc) is 3.21. The molecule has 0 aromatic heterocycles. The predicted molar refractivity (Wildman–Crippen MR) is 151 cm³/mol. The second-order valence-corrected chi connectivity index (χ2v) is 13.5. The molecule has 1 saturated heterocycles. The van der Waals surface area contributed by atoms with Crippen LogP contribution < -0.4 is 10.6 Å². The maximum atomic E-state index is 13.2. The molecule has 2 fully saturated rings. The number of alkyl halides is 3. The van der Waals surface area contributed by atoms with E-state index in [1.807, 2.05) is 26.0 Å². The minimum absolute atomic E-state index is 0.0151. The van der Waals surface area contributed by atoms with Crippen LogP contribution in [0.25, 0.3) is 6.08 Å². The number of nitrogens with zero attached hydrogens (tertiary/aromatic N) is 2. The molecule has 12 heteroatoms. The van der Waals surface area contributed by atoms with Crippen LogP contribution in [0.3, 0.4) is 0 Å². The fourth-order valence-electron chi connectivity index (χ4n) is 6.17. The minimum atomic E-state index is -4.14. The van der Waals surface area contributed by atoms with Crippen LogP contribution in [0.5, 0.6) is 0 Å². The number of aryl methyl sites for hydroxylation is 2. The average molecular weight is 597 g/mol. The van der Waals surface area contributed by atoms with Gasteiger partial charge in [-0.2, -0.15) is 17.5 Å². The molecular weight excluding hydrogens is 557 g/mol. The smallest absolute Gasteiger partial charge is 0.352 e. The molecule has 0 unspecified atom stereocenters. The molecule has 3 aliphatic rings. The number of piperidine rings is 1. The fraction of sp³-hybridized carbons (Fsp3) is 0.621. The van der Waals surface area contributed by atoms with Gasteiger partial charge in [0.15, 0.2) is 0 Å². The summed E-state index contributed by atoms with van der Waals surface area (Å²) in [4.78, 5) is 29.0. The Labute approximate surface area is 239 Å². The van der Waals surface area contributed by atoms with E-state index in [0.717, 1.165) is 22.3 Å². The summed E-state index contributed by atoms with van der Waals surface area (Å²) in [6.45, 7) is 5.96. The number of carbonyl (C=O) groups is 2. The standard InChI is InChI=1S/C29H39F3N4O4S/c1-19-16-23(18-33-21(3)37)17-20(2)25(19)9-15-41(39,40)36-13-11-28(12-14-36)27(38)34-26(35-28)24-6-4-22(5-7-24)8-10-29(30,31)32/h9,15-17,22,24H,4-8,10-14,18H2,1-3H3,(H,33,37)(H,34,35,38)/b15-9+. The first-order valence-electron chi connectivity index (χ1n) is 14.2. The van der Waals surface area contributed by atoms with Crippen LogP contribution in [0.2, 0.25) is 0 Å². The van der Waals surface area contributed by atoms with E-state index in [2.05, 4.69) is 10.6 Å². The van der Waals surface area contributed by atoms with Crippen LogP contribution in [0.15, 0.2) is 22.5 Å². The summed E-state index contributed by atoms with van der Waals surface area (Å²) in [7, 11) is -3.73. The van der Waals surface area contributed by atoms with Crippen molar-refractivity contribution >= 4 is 33.7 Å². The van der Waals surface area contributed by atoms with Crippen molar-refractivity contribution in [3.63, 3.8) is 0 Å². The van der Waals surface area contributed by atoms with E-state index in [-0.39, 0.29) is 56.0 Å². The minimum Gasteiger partial charge on any atom is -0.352 e. The van der Waals surface area contributed by atoms with Crippen LogP contribution in [-0.2, 0) is 26.2 Å². The molecule has 1 saturated carbocycles. The molecule has 226 valence electrons. The Morgan fingerprint density at radius 3 is 2.32 bits per heavy atom. The molecular formula is C29H39F3N4O4S. The van der Waals surface area contributed by atoms with Crippen LogP contribution in [-0.4, -0.2) is 55.2 Å². The first-order chi connectivity index (χ1) is 19.2. The van der Waals surface area contributed by atoms with Crippen molar-refractivity contribution in [2.24, 2.45) is 16.8 Å². The number of carbonyl (C=O) groups excluding carboxylic acids is 2. The van der Waals surface area contributed by atoms with Gasteiger partial charge in [0.1, 0.15) is 11.4 Å². The largest absolute Gasteiger partial charge is 0.389 e. The number of hydrogen-bond donors (Lipinski definition) is 2. The van der Waals surface area contributed by atoms with E-state index in [9.17, 15) is 31.2 Å². The van der Waals surface area contributed by atoms with E-state index >= 15 is 0 Å². The summed E-state index contributed by atoms with van der Waals surface area (Å²) in [6, 6.07) is 3.84. The highest BCUT2D eigenvalue weighted by Crippen LogP contribution is 2.38. The lowest BCUT2D eigenvalue weighted by Crippen LogP contribution is -2.50. The third kappa shape index (κ3) is 7.77. The van der Waals surface area contributed by atoms with Crippen LogP contribution in [0.4, 0.5) is 13.2 Å². The summed E-state index contributed by atoms with van der Waals surface area (Å²) in [5.41, 5.74) is 2.53. The van der Waals surface area contributed by atoms with Crippen molar-refractivity contribution in [3.8, 4) is 0 Å². The lowest BCUT2D eigenvalue weighted by Gasteiger charge is -2.34. The Balaban J connectivity index is 1.35. The second kappa shape index (κ2) is 12.2. The molecule has 41 heavy (non-hydrogen) atoms. The lowest BCUT2D eigenvalue weighted by molar-refractivity contribution is -0.138. The number of rotatable bonds is 8. The number of halogens is 3. The van der Waals surface area contributed by atoms with Crippen molar-refractivity contribution in [2.75, 3.05) is 13.1 Å². The second-order valence-electron chi connectivity index (χ2n) is 11.7. The Morgan fingerprint density at radius 2 is 1.76 bits per heavy atom. The Morgan fingerprint density at radius 1 is 1.15 bits per heavy atom. The number of hydrogen-bond acceptors (Lipinski definition) is 5. The summed E-state index contributed by atoms with van der Waals surface area (Å²) < 4.78 is 65.4. The molecule has 2 amide bonds. The SMILES string of the molecule is CC(=O)NCc1cc(C)c(/C=C/S(=O)(=O)N2CCC3(CC2)N=C(C2CCC(CCC(F)(F)F)CC2)NC3=O)c(C)c1. The molecule has 4 rings (SSSR count). The Bertz CT molecular complexity index is 1300. The molecule has 2 N–H and O–H groups in total. The summed E-state index contributed by atoms with van der Waals surface area (Å²) in [5.74, 6) is 0.316. The molecule has 1 spiro atoms. The number of sulfonamides is 1. The third-order valence-corrected chi connectivity index (χ3v) is 10.1. The van der Waals surface area contributed by atoms with Crippen LogP contribution in [0, 0.1) is 25.7 Å². The fourth-order valence-corrected chi connectivity index (χ4v) is 7.34. The first-order valence-corrected chi connectivity index (χ1v) is 15.7.